The SMILES string of the molecule is CCCC(C)(NC(=O)C(NC(=O)c1ccc(OCC)cc1)C(C)C)C(=O)OC. The van der Waals surface area contributed by atoms with E-state index in [1.54, 1.807) is 31.2 Å². The average Bonchev–Trinajstić information content (AvgIpc) is 2.65. The second-order valence-corrected chi connectivity index (χ2v) is 7.22. The van der Waals surface area contributed by atoms with Crippen molar-refractivity contribution >= 4 is 17.8 Å². The van der Waals surface area contributed by atoms with E-state index in [9.17, 15) is 14.4 Å². The Morgan fingerprint density at radius 2 is 1.71 bits per heavy atom. The number of methoxy groups -OCH3 is 1. The summed E-state index contributed by atoms with van der Waals surface area (Å²) < 4.78 is 10.2. The maximum Gasteiger partial charge on any atom is 0.331 e. The zero-order valence-electron chi connectivity index (χ0n) is 17.6. The van der Waals surface area contributed by atoms with Crippen molar-refractivity contribution in [1.29, 1.82) is 0 Å². The molecule has 0 aromatic heterocycles. The van der Waals surface area contributed by atoms with Crippen molar-refractivity contribution in [3.63, 3.8) is 0 Å². The van der Waals surface area contributed by atoms with Crippen LogP contribution in [0.2, 0.25) is 0 Å². The lowest BCUT2D eigenvalue weighted by atomic mass is 9.94. The number of ether oxygens (including phenoxy) is 2. The third-order valence-electron chi connectivity index (χ3n) is 4.45. The topological polar surface area (TPSA) is 93.7 Å². The molecule has 1 aromatic carbocycles. The normalized spacial score (nSPS) is 14.0. The van der Waals surface area contributed by atoms with Gasteiger partial charge in [0.25, 0.3) is 5.91 Å². The molecule has 0 spiro atoms. The minimum absolute atomic E-state index is 0.171. The highest BCUT2D eigenvalue weighted by atomic mass is 16.5. The Morgan fingerprint density at radius 3 is 2.18 bits per heavy atom. The molecule has 0 bridgehead atoms. The summed E-state index contributed by atoms with van der Waals surface area (Å²) in [5.41, 5.74) is -0.719. The number of carbonyl (C=O) groups is 3. The molecule has 2 atom stereocenters. The number of hydrogen-bond donors (Lipinski definition) is 2. The number of esters is 1. The number of rotatable bonds is 10. The monoisotopic (exact) mass is 392 g/mol. The molecule has 1 rings (SSSR count). The molecular weight excluding hydrogens is 360 g/mol. The largest absolute Gasteiger partial charge is 0.494 e. The van der Waals surface area contributed by atoms with Crippen LogP contribution in [0.25, 0.3) is 0 Å². The molecule has 0 radical (unpaired) electrons. The Balaban J connectivity index is 2.92. The van der Waals surface area contributed by atoms with Crippen LogP contribution < -0.4 is 15.4 Å². The maximum atomic E-state index is 12.8. The molecule has 0 aliphatic carbocycles. The van der Waals surface area contributed by atoms with Gasteiger partial charge in [0.15, 0.2) is 0 Å². The van der Waals surface area contributed by atoms with E-state index in [1.165, 1.54) is 7.11 Å². The van der Waals surface area contributed by atoms with E-state index in [-0.39, 0.29) is 11.8 Å². The van der Waals surface area contributed by atoms with E-state index in [0.29, 0.717) is 30.8 Å². The molecule has 0 aliphatic rings. The fraction of sp³-hybridized carbons (Fsp3) is 0.571. The first kappa shape index (κ1) is 23.5. The molecule has 28 heavy (non-hydrogen) atoms. The first-order valence-electron chi connectivity index (χ1n) is 9.62. The number of benzene rings is 1. The van der Waals surface area contributed by atoms with Crippen LogP contribution in [0.3, 0.4) is 0 Å². The lowest BCUT2D eigenvalue weighted by Crippen LogP contribution is -2.59. The summed E-state index contributed by atoms with van der Waals surface area (Å²) in [5, 5.41) is 5.52. The molecule has 0 aliphatic heterocycles. The second kappa shape index (κ2) is 10.7. The molecule has 0 heterocycles. The van der Waals surface area contributed by atoms with Gasteiger partial charge in [0, 0.05) is 5.56 Å². The van der Waals surface area contributed by atoms with Crippen molar-refractivity contribution in [3.8, 4) is 5.75 Å². The lowest BCUT2D eigenvalue weighted by molar-refractivity contribution is -0.151. The summed E-state index contributed by atoms with van der Waals surface area (Å²) in [6.07, 6.45) is 1.12. The average molecular weight is 392 g/mol. The Bertz CT molecular complexity index is 672. The third kappa shape index (κ3) is 6.25. The highest BCUT2D eigenvalue weighted by Crippen LogP contribution is 2.17. The van der Waals surface area contributed by atoms with Crippen LogP contribution in [0, 0.1) is 5.92 Å². The molecule has 0 saturated carbocycles. The molecule has 0 saturated heterocycles. The first-order valence-corrected chi connectivity index (χ1v) is 9.62. The van der Waals surface area contributed by atoms with Gasteiger partial charge in [-0.2, -0.15) is 0 Å². The predicted molar refractivity (Wildman–Crippen MR) is 107 cm³/mol. The predicted octanol–water partition coefficient (Wildman–Crippen LogP) is 2.69. The maximum absolute atomic E-state index is 12.8. The van der Waals surface area contributed by atoms with Crippen molar-refractivity contribution in [3.05, 3.63) is 29.8 Å². The summed E-state index contributed by atoms with van der Waals surface area (Å²) in [7, 11) is 1.29. The van der Waals surface area contributed by atoms with Crippen LogP contribution in [-0.2, 0) is 14.3 Å². The van der Waals surface area contributed by atoms with Crippen molar-refractivity contribution < 1.29 is 23.9 Å². The zero-order valence-corrected chi connectivity index (χ0v) is 17.6. The van der Waals surface area contributed by atoms with Crippen LogP contribution in [0.1, 0.15) is 57.8 Å². The molecule has 1 aromatic rings. The minimum atomic E-state index is -1.14. The zero-order chi connectivity index (χ0) is 21.3. The van der Waals surface area contributed by atoms with Crippen LogP contribution in [0.4, 0.5) is 0 Å². The van der Waals surface area contributed by atoms with E-state index in [4.69, 9.17) is 9.47 Å². The van der Waals surface area contributed by atoms with Gasteiger partial charge in [-0.05, 0) is 50.5 Å². The van der Waals surface area contributed by atoms with Crippen molar-refractivity contribution in [2.45, 2.75) is 59.0 Å². The summed E-state index contributed by atoms with van der Waals surface area (Å²) in [6, 6.07) is 5.91. The Morgan fingerprint density at radius 1 is 1.11 bits per heavy atom. The quantitative estimate of drug-likeness (QED) is 0.597. The van der Waals surface area contributed by atoms with Gasteiger partial charge < -0.3 is 20.1 Å². The Hall–Kier alpha value is -2.57. The summed E-state index contributed by atoms with van der Waals surface area (Å²) in [4.78, 5) is 37.6. The van der Waals surface area contributed by atoms with Gasteiger partial charge in [0.2, 0.25) is 5.91 Å². The number of hydrogen-bond acceptors (Lipinski definition) is 5. The molecular formula is C21H32N2O5. The van der Waals surface area contributed by atoms with E-state index in [1.807, 2.05) is 27.7 Å². The summed E-state index contributed by atoms with van der Waals surface area (Å²) >= 11 is 0. The smallest absolute Gasteiger partial charge is 0.331 e. The van der Waals surface area contributed by atoms with Crippen molar-refractivity contribution in [2.24, 2.45) is 5.92 Å². The fourth-order valence-electron chi connectivity index (χ4n) is 2.92. The molecule has 2 unspecified atom stereocenters. The van der Waals surface area contributed by atoms with E-state index >= 15 is 0 Å². The van der Waals surface area contributed by atoms with Crippen LogP contribution >= 0.6 is 0 Å². The highest BCUT2D eigenvalue weighted by Gasteiger charge is 2.38. The fourth-order valence-corrected chi connectivity index (χ4v) is 2.92. The van der Waals surface area contributed by atoms with Crippen LogP contribution in [0.5, 0.6) is 5.75 Å². The van der Waals surface area contributed by atoms with Crippen LogP contribution in [0.15, 0.2) is 24.3 Å². The summed E-state index contributed by atoms with van der Waals surface area (Å²) in [6.45, 7) is 9.63. The number of nitrogens with one attached hydrogen (secondary N) is 2. The Kier molecular flexibility index (Phi) is 8.96. The minimum Gasteiger partial charge on any atom is -0.494 e. The lowest BCUT2D eigenvalue weighted by Gasteiger charge is -2.31. The van der Waals surface area contributed by atoms with Gasteiger partial charge in [-0.25, -0.2) is 4.79 Å². The molecule has 7 heteroatoms. The highest BCUT2D eigenvalue weighted by molar-refractivity contribution is 5.98. The van der Waals surface area contributed by atoms with Gasteiger partial charge in [-0.15, -0.1) is 0 Å². The standard InChI is InChI=1S/C21H32N2O5/c1-7-13-21(5,20(26)27-6)23-19(25)17(14(3)4)22-18(24)15-9-11-16(12-10-15)28-8-2/h9-12,14,17H,7-8,13H2,1-6H3,(H,22,24)(H,23,25). The number of amides is 2. The molecule has 2 amide bonds. The van der Waals surface area contributed by atoms with Gasteiger partial charge in [0.1, 0.15) is 17.3 Å². The van der Waals surface area contributed by atoms with E-state index in [2.05, 4.69) is 10.6 Å². The van der Waals surface area contributed by atoms with Gasteiger partial charge in [-0.3, -0.25) is 9.59 Å². The Labute approximate surface area is 167 Å². The first-order chi connectivity index (χ1) is 13.2. The van der Waals surface area contributed by atoms with Crippen molar-refractivity contribution in [1.82, 2.24) is 10.6 Å². The second-order valence-electron chi connectivity index (χ2n) is 7.22. The molecule has 7 nitrogen and oxygen atoms in total. The molecule has 0 fully saturated rings. The molecule has 156 valence electrons. The van der Waals surface area contributed by atoms with Crippen LogP contribution in [-0.4, -0.2) is 43.1 Å². The van der Waals surface area contributed by atoms with E-state index in [0.717, 1.165) is 0 Å². The van der Waals surface area contributed by atoms with Gasteiger partial charge in [-0.1, -0.05) is 27.2 Å². The van der Waals surface area contributed by atoms with E-state index < -0.39 is 23.5 Å². The van der Waals surface area contributed by atoms with Crippen molar-refractivity contribution in [2.75, 3.05) is 13.7 Å². The van der Waals surface area contributed by atoms with Gasteiger partial charge >= 0.3 is 5.97 Å². The third-order valence-corrected chi connectivity index (χ3v) is 4.45. The van der Waals surface area contributed by atoms with Gasteiger partial charge in [0.05, 0.1) is 13.7 Å². The summed E-state index contributed by atoms with van der Waals surface area (Å²) in [5.74, 6) is -0.799. The molecule has 2 N–H and O–H groups in total. The number of carbonyl (C=O) groups excluding carboxylic acids is 3.